The first-order valence-electron chi connectivity index (χ1n) is 9.46. The molecular formula is C23H28O3. The second-order valence-corrected chi connectivity index (χ2v) is 6.45. The molecule has 0 unspecified atom stereocenters. The van der Waals surface area contributed by atoms with Crippen LogP contribution in [0.25, 0.3) is 11.1 Å². The SMILES string of the molecule is CCCCCCCC/C=C/Oc1ccc(-c2ccc(C(=O)O)cc2)cc1. The van der Waals surface area contributed by atoms with E-state index in [1.165, 1.54) is 38.5 Å². The molecule has 26 heavy (non-hydrogen) atoms. The van der Waals surface area contributed by atoms with Gasteiger partial charge in [-0.2, -0.15) is 0 Å². The number of hydrogen-bond acceptors (Lipinski definition) is 2. The lowest BCUT2D eigenvalue weighted by molar-refractivity contribution is 0.0697. The maximum Gasteiger partial charge on any atom is 0.335 e. The number of rotatable bonds is 11. The highest BCUT2D eigenvalue weighted by molar-refractivity contribution is 5.88. The molecule has 0 aliphatic heterocycles. The molecule has 0 atom stereocenters. The van der Waals surface area contributed by atoms with Gasteiger partial charge in [0.05, 0.1) is 11.8 Å². The summed E-state index contributed by atoms with van der Waals surface area (Å²) in [4.78, 5) is 10.9. The van der Waals surface area contributed by atoms with E-state index in [1.807, 2.05) is 36.4 Å². The van der Waals surface area contributed by atoms with Crippen LogP contribution in [0.5, 0.6) is 5.75 Å². The van der Waals surface area contributed by atoms with Crippen LogP contribution >= 0.6 is 0 Å². The van der Waals surface area contributed by atoms with Gasteiger partial charge in [-0.15, -0.1) is 0 Å². The Morgan fingerprint density at radius 3 is 2.08 bits per heavy atom. The lowest BCUT2D eigenvalue weighted by atomic mass is 10.0. The van der Waals surface area contributed by atoms with Crippen LogP contribution in [0.4, 0.5) is 0 Å². The molecule has 0 saturated heterocycles. The van der Waals surface area contributed by atoms with Crippen molar-refractivity contribution in [2.75, 3.05) is 0 Å². The fourth-order valence-electron chi connectivity index (χ4n) is 2.77. The van der Waals surface area contributed by atoms with Crippen LogP contribution < -0.4 is 4.74 Å². The summed E-state index contributed by atoms with van der Waals surface area (Å²) >= 11 is 0. The van der Waals surface area contributed by atoms with Gasteiger partial charge < -0.3 is 9.84 Å². The molecule has 3 heteroatoms. The average Bonchev–Trinajstić information content (AvgIpc) is 2.67. The predicted octanol–water partition coefficient (Wildman–Crippen LogP) is 6.69. The van der Waals surface area contributed by atoms with E-state index in [0.29, 0.717) is 5.56 Å². The summed E-state index contributed by atoms with van der Waals surface area (Å²) in [7, 11) is 0. The minimum atomic E-state index is -0.909. The van der Waals surface area contributed by atoms with Gasteiger partial charge in [-0.3, -0.25) is 0 Å². The summed E-state index contributed by atoms with van der Waals surface area (Å²) in [6.07, 6.45) is 12.7. The zero-order valence-corrected chi connectivity index (χ0v) is 15.5. The van der Waals surface area contributed by atoms with E-state index < -0.39 is 5.97 Å². The molecule has 0 bridgehead atoms. The van der Waals surface area contributed by atoms with Gasteiger partial charge in [0.25, 0.3) is 0 Å². The van der Waals surface area contributed by atoms with Gasteiger partial charge in [0.2, 0.25) is 0 Å². The Hall–Kier alpha value is -2.55. The van der Waals surface area contributed by atoms with Crippen molar-refractivity contribution in [3.63, 3.8) is 0 Å². The zero-order valence-electron chi connectivity index (χ0n) is 15.5. The summed E-state index contributed by atoms with van der Waals surface area (Å²) in [6, 6.07) is 14.7. The van der Waals surface area contributed by atoms with Crippen LogP contribution in [-0.2, 0) is 0 Å². The molecule has 2 aromatic carbocycles. The van der Waals surface area contributed by atoms with Crippen molar-refractivity contribution in [1.82, 2.24) is 0 Å². The Balaban J connectivity index is 1.75. The second kappa shape index (κ2) is 11.1. The van der Waals surface area contributed by atoms with Crippen molar-refractivity contribution in [1.29, 1.82) is 0 Å². The first-order valence-corrected chi connectivity index (χ1v) is 9.46. The molecule has 0 amide bonds. The van der Waals surface area contributed by atoms with E-state index in [9.17, 15) is 4.79 Å². The highest BCUT2D eigenvalue weighted by Gasteiger charge is 2.03. The van der Waals surface area contributed by atoms with Crippen molar-refractivity contribution < 1.29 is 14.6 Å². The summed E-state index contributed by atoms with van der Waals surface area (Å²) in [6.45, 7) is 2.24. The van der Waals surface area contributed by atoms with Gasteiger partial charge in [-0.05, 0) is 54.3 Å². The van der Waals surface area contributed by atoms with Crippen LogP contribution in [0.3, 0.4) is 0 Å². The number of aromatic carboxylic acids is 1. The van der Waals surface area contributed by atoms with Crippen molar-refractivity contribution in [3.05, 3.63) is 66.4 Å². The highest BCUT2D eigenvalue weighted by atomic mass is 16.5. The number of hydrogen-bond donors (Lipinski definition) is 1. The number of carboxylic acid groups (broad SMARTS) is 1. The third kappa shape index (κ3) is 6.75. The molecule has 0 aromatic heterocycles. The number of allylic oxidation sites excluding steroid dienone is 1. The van der Waals surface area contributed by atoms with Gasteiger partial charge in [0.15, 0.2) is 0 Å². The minimum absolute atomic E-state index is 0.296. The lowest BCUT2D eigenvalue weighted by Gasteiger charge is -2.05. The van der Waals surface area contributed by atoms with E-state index in [4.69, 9.17) is 9.84 Å². The Morgan fingerprint density at radius 2 is 1.46 bits per heavy atom. The maximum atomic E-state index is 10.9. The minimum Gasteiger partial charge on any atom is -0.478 e. The molecule has 0 radical (unpaired) electrons. The molecule has 1 N–H and O–H groups in total. The van der Waals surface area contributed by atoms with Crippen LogP contribution in [0.2, 0.25) is 0 Å². The third-order valence-corrected chi connectivity index (χ3v) is 4.34. The largest absolute Gasteiger partial charge is 0.478 e. The fraction of sp³-hybridized carbons (Fsp3) is 0.348. The number of carbonyl (C=O) groups is 1. The van der Waals surface area contributed by atoms with Crippen molar-refractivity contribution in [2.45, 2.75) is 51.9 Å². The standard InChI is InChI=1S/C23H28O3/c1-2-3-4-5-6-7-8-9-18-26-22-16-14-20(15-17-22)19-10-12-21(13-11-19)23(24)25/h9-18H,2-8H2,1H3,(H,24,25)/b18-9+. The molecule has 0 saturated carbocycles. The van der Waals surface area contributed by atoms with Crippen molar-refractivity contribution in [3.8, 4) is 16.9 Å². The smallest absolute Gasteiger partial charge is 0.335 e. The molecule has 3 nitrogen and oxygen atoms in total. The molecule has 0 heterocycles. The van der Waals surface area contributed by atoms with Crippen LogP contribution in [0.15, 0.2) is 60.9 Å². The van der Waals surface area contributed by atoms with E-state index in [1.54, 1.807) is 18.4 Å². The molecule has 0 spiro atoms. The molecule has 2 rings (SSSR count). The van der Waals surface area contributed by atoms with E-state index >= 15 is 0 Å². The maximum absolute atomic E-state index is 10.9. The number of unbranched alkanes of at least 4 members (excludes halogenated alkanes) is 6. The Kier molecular flexibility index (Phi) is 8.47. The van der Waals surface area contributed by atoms with Gasteiger partial charge in [0.1, 0.15) is 5.75 Å². The third-order valence-electron chi connectivity index (χ3n) is 4.34. The number of benzene rings is 2. The highest BCUT2D eigenvalue weighted by Crippen LogP contribution is 2.23. The summed E-state index contributed by atoms with van der Waals surface area (Å²) in [5, 5.41) is 8.94. The molecular weight excluding hydrogens is 324 g/mol. The van der Waals surface area contributed by atoms with E-state index in [0.717, 1.165) is 23.3 Å². The molecule has 0 fully saturated rings. The van der Waals surface area contributed by atoms with Crippen LogP contribution in [0, 0.1) is 0 Å². The topological polar surface area (TPSA) is 46.5 Å². The summed E-state index contributed by atoms with van der Waals surface area (Å²) < 4.78 is 5.63. The lowest BCUT2D eigenvalue weighted by Crippen LogP contribution is -1.94. The van der Waals surface area contributed by atoms with Gasteiger partial charge >= 0.3 is 5.97 Å². The first kappa shape index (κ1) is 19.8. The molecule has 2 aromatic rings. The zero-order chi connectivity index (χ0) is 18.6. The van der Waals surface area contributed by atoms with Gasteiger partial charge in [-0.1, -0.05) is 63.3 Å². The Labute approximate surface area is 156 Å². The summed E-state index contributed by atoms with van der Waals surface area (Å²) in [5.41, 5.74) is 2.31. The summed E-state index contributed by atoms with van der Waals surface area (Å²) in [5.74, 6) is -0.108. The van der Waals surface area contributed by atoms with Gasteiger partial charge in [-0.25, -0.2) is 4.79 Å². The molecule has 138 valence electrons. The van der Waals surface area contributed by atoms with Crippen LogP contribution in [-0.4, -0.2) is 11.1 Å². The first-order chi connectivity index (χ1) is 12.7. The van der Waals surface area contributed by atoms with Crippen molar-refractivity contribution in [2.24, 2.45) is 0 Å². The predicted molar refractivity (Wildman–Crippen MR) is 107 cm³/mol. The monoisotopic (exact) mass is 352 g/mol. The van der Waals surface area contributed by atoms with E-state index in [2.05, 4.69) is 13.0 Å². The second-order valence-electron chi connectivity index (χ2n) is 6.45. The van der Waals surface area contributed by atoms with Gasteiger partial charge in [0, 0.05) is 0 Å². The quantitative estimate of drug-likeness (QED) is 0.362. The normalized spacial score (nSPS) is 11.0. The Morgan fingerprint density at radius 1 is 0.885 bits per heavy atom. The average molecular weight is 352 g/mol. The number of carboxylic acids is 1. The van der Waals surface area contributed by atoms with Crippen LogP contribution in [0.1, 0.15) is 62.2 Å². The van der Waals surface area contributed by atoms with E-state index in [-0.39, 0.29) is 0 Å². The van der Waals surface area contributed by atoms with Crippen molar-refractivity contribution >= 4 is 5.97 Å². The molecule has 0 aliphatic rings. The molecule has 0 aliphatic carbocycles. The Bertz CT molecular complexity index is 684. The number of ether oxygens (including phenoxy) is 1. The fourth-order valence-corrected chi connectivity index (χ4v) is 2.77.